The maximum atomic E-state index is 12.9. The highest BCUT2D eigenvalue weighted by molar-refractivity contribution is 7.14. The van der Waals surface area contributed by atoms with Crippen LogP contribution in [0, 0.1) is 5.82 Å². The maximum Gasteiger partial charge on any atom is 0.255 e. The van der Waals surface area contributed by atoms with Crippen LogP contribution in [0.1, 0.15) is 10.4 Å². The summed E-state index contributed by atoms with van der Waals surface area (Å²) in [7, 11) is 0. The van der Waals surface area contributed by atoms with Gasteiger partial charge in [-0.1, -0.05) is 18.2 Å². The lowest BCUT2D eigenvalue weighted by molar-refractivity contribution is 0.102. The second kappa shape index (κ2) is 7.72. The molecule has 0 unspecified atom stereocenters. The zero-order chi connectivity index (χ0) is 17.6. The summed E-state index contributed by atoms with van der Waals surface area (Å²) in [4.78, 5) is 16.7. The first kappa shape index (κ1) is 16.9. The average molecular weight is 353 g/mol. The number of nitrogens with one attached hydrogen (secondary N) is 2. The number of hydrogen-bond donors (Lipinski definition) is 2. The van der Waals surface area contributed by atoms with Gasteiger partial charge in [0.15, 0.2) is 5.13 Å². The number of aromatic nitrogens is 1. The van der Waals surface area contributed by atoms with E-state index in [0.29, 0.717) is 17.8 Å². The topological polar surface area (TPSA) is 54.0 Å². The van der Waals surface area contributed by atoms with Gasteiger partial charge in [0.25, 0.3) is 5.91 Å². The third kappa shape index (κ3) is 4.30. The monoisotopic (exact) mass is 353 g/mol. The molecule has 126 valence electrons. The van der Waals surface area contributed by atoms with Crippen molar-refractivity contribution < 1.29 is 9.18 Å². The molecule has 3 rings (SSSR count). The Morgan fingerprint density at radius 1 is 1.24 bits per heavy atom. The lowest BCUT2D eigenvalue weighted by Gasteiger charge is -2.07. The first-order valence-corrected chi connectivity index (χ1v) is 8.51. The highest BCUT2D eigenvalue weighted by Crippen LogP contribution is 2.27. The Kier molecular flexibility index (Phi) is 5.20. The largest absolute Gasteiger partial charge is 0.358 e. The molecule has 0 atom stereocenters. The first-order valence-electron chi connectivity index (χ1n) is 7.63. The molecule has 0 aliphatic carbocycles. The number of carbonyl (C=O) groups excluding carboxylic acids is 1. The minimum Gasteiger partial charge on any atom is -0.358 e. The lowest BCUT2D eigenvalue weighted by Crippen LogP contribution is -2.11. The number of benzene rings is 2. The summed E-state index contributed by atoms with van der Waals surface area (Å²) in [5.41, 5.74) is 2.78. The van der Waals surface area contributed by atoms with Gasteiger partial charge in [0.05, 0.1) is 5.69 Å². The fourth-order valence-corrected chi connectivity index (χ4v) is 2.94. The zero-order valence-electron chi connectivity index (χ0n) is 13.3. The van der Waals surface area contributed by atoms with Crippen LogP contribution >= 0.6 is 11.3 Å². The van der Waals surface area contributed by atoms with E-state index in [0.717, 1.165) is 16.4 Å². The maximum absolute atomic E-state index is 12.9. The summed E-state index contributed by atoms with van der Waals surface area (Å²) in [5, 5.41) is 8.73. The molecule has 1 heterocycles. The van der Waals surface area contributed by atoms with Gasteiger partial charge in [-0.2, -0.15) is 0 Å². The van der Waals surface area contributed by atoms with Gasteiger partial charge in [0.2, 0.25) is 0 Å². The van der Waals surface area contributed by atoms with Gasteiger partial charge in [-0.05, 0) is 36.4 Å². The van der Waals surface area contributed by atoms with Crippen LogP contribution in [0.4, 0.5) is 15.2 Å². The highest BCUT2D eigenvalue weighted by Gasteiger charge is 2.08. The molecule has 4 nitrogen and oxygen atoms in total. The Hall–Kier alpha value is -2.99. The van der Waals surface area contributed by atoms with Gasteiger partial charge in [-0.15, -0.1) is 17.9 Å². The van der Waals surface area contributed by atoms with Gasteiger partial charge < -0.3 is 10.6 Å². The average Bonchev–Trinajstić information content (AvgIpc) is 3.10. The van der Waals surface area contributed by atoms with Gasteiger partial charge in [0.1, 0.15) is 5.82 Å². The van der Waals surface area contributed by atoms with E-state index in [1.807, 2.05) is 23.6 Å². The van der Waals surface area contributed by atoms with Gasteiger partial charge in [0, 0.05) is 28.7 Å². The van der Waals surface area contributed by atoms with Crippen LogP contribution in [0.15, 0.2) is 66.6 Å². The second-order valence-electron chi connectivity index (χ2n) is 5.25. The molecule has 2 N–H and O–H groups in total. The molecule has 6 heteroatoms. The fourth-order valence-electron chi connectivity index (χ4n) is 2.21. The summed E-state index contributed by atoms with van der Waals surface area (Å²) < 4.78 is 12.9. The van der Waals surface area contributed by atoms with Crippen molar-refractivity contribution in [2.75, 3.05) is 17.2 Å². The number of thiazole rings is 1. The number of anilines is 2. The predicted octanol–water partition coefficient (Wildman–Crippen LogP) is 4.80. The molecule has 3 aromatic rings. The molecule has 0 fully saturated rings. The normalized spacial score (nSPS) is 10.3. The second-order valence-corrected chi connectivity index (χ2v) is 6.11. The molecular weight excluding hydrogens is 337 g/mol. The predicted molar refractivity (Wildman–Crippen MR) is 101 cm³/mol. The third-order valence-corrected chi connectivity index (χ3v) is 4.22. The van der Waals surface area contributed by atoms with Crippen LogP contribution in [0.25, 0.3) is 11.3 Å². The smallest absolute Gasteiger partial charge is 0.255 e. The standard InChI is InChI=1S/C19H16FN3OS/c1-2-10-21-19-23-17(12-25-19)14-4-3-5-16(11-14)22-18(24)13-6-8-15(20)9-7-13/h2-9,11-12H,1,10H2,(H,21,23)(H,22,24). The summed E-state index contributed by atoms with van der Waals surface area (Å²) in [6.45, 7) is 4.32. The number of rotatable bonds is 6. The first-order chi connectivity index (χ1) is 12.2. The molecule has 1 amide bonds. The van der Waals surface area contributed by atoms with E-state index < -0.39 is 0 Å². The van der Waals surface area contributed by atoms with Crippen LogP contribution in [-0.2, 0) is 0 Å². The van der Waals surface area contributed by atoms with Gasteiger partial charge in [-0.25, -0.2) is 9.37 Å². The van der Waals surface area contributed by atoms with Crippen LogP contribution < -0.4 is 10.6 Å². The van der Waals surface area contributed by atoms with Crippen LogP contribution in [-0.4, -0.2) is 17.4 Å². The lowest BCUT2D eigenvalue weighted by atomic mass is 10.1. The Morgan fingerprint density at radius 3 is 2.80 bits per heavy atom. The van der Waals surface area contributed by atoms with E-state index in [2.05, 4.69) is 22.2 Å². The van der Waals surface area contributed by atoms with E-state index >= 15 is 0 Å². The Bertz CT molecular complexity index is 890. The van der Waals surface area contributed by atoms with E-state index in [4.69, 9.17) is 0 Å². The quantitative estimate of drug-likeness (QED) is 0.626. The summed E-state index contributed by atoms with van der Waals surface area (Å²) in [6.07, 6.45) is 1.77. The van der Waals surface area contributed by atoms with E-state index in [-0.39, 0.29) is 11.7 Å². The van der Waals surface area contributed by atoms with E-state index in [9.17, 15) is 9.18 Å². The van der Waals surface area contributed by atoms with Crippen LogP contribution in [0.5, 0.6) is 0 Å². The molecule has 0 saturated carbocycles. The van der Waals surface area contributed by atoms with E-state index in [1.54, 1.807) is 12.1 Å². The summed E-state index contributed by atoms with van der Waals surface area (Å²) in [5.74, 6) is -0.660. The number of amides is 1. The number of halogens is 1. The van der Waals surface area contributed by atoms with Crippen molar-refractivity contribution in [2.45, 2.75) is 0 Å². The molecule has 2 aromatic carbocycles. The number of nitrogens with zero attached hydrogens (tertiary/aromatic N) is 1. The SMILES string of the molecule is C=CCNc1nc(-c2cccc(NC(=O)c3ccc(F)cc3)c2)cs1. The van der Waals surface area contributed by atoms with Gasteiger partial charge in [-0.3, -0.25) is 4.79 Å². The van der Waals surface area contributed by atoms with Crippen molar-refractivity contribution in [3.8, 4) is 11.3 Å². The van der Waals surface area contributed by atoms with Crippen LogP contribution in [0.2, 0.25) is 0 Å². The van der Waals surface area contributed by atoms with Crippen LogP contribution in [0.3, 0.4) is 0 Å². The highest BCUT2D eigenvalue weighted by atomic mass is 32.1. The summed E-state index contributed by atoms with van der Waals surface area (Å²) >= 11 is 1.51. The molecular formula is C19H16FN3OS. The minimum absolute atomic E-state index is 0.288. The Balaban J connectivity index is 1.75. The molecule has 0 aliphatic rings. The van der Waals surface area contributed by atoms with Crippen molar-refractivity contribution in [1.29, 1.82) is 0 Å². The third-order valence-electron chi connectivity index (χ3n) is 3.42. The molecule has 0 spiro atoms. The number of hydrogen-bond acceptors (Lipinski definition) is 4. The Morgan fingerprint density at radius 2 is 2.04 bits per heavy atom. The van der Waals surface area contributed by atoms with Crippen molar-refractivity contribution in [2.24, 2.45) is 0 Å². The number of carbonyl (C=O) groups is 1. The van der Waals surface area contributed by atoms with Gasteiger partial charge >= 0.3 is 0 Å². The molecule has 0 bridgehead atoms. The Labute approximate surface area is 149 Å². The molecule has 25 heavy (non-hydrogen) atoms. The van der Waals surface area contributed by atoms with Crippen molar-refractivity contribution >= 4 is 28.1 Å². The molecule has 0 radical (unpaired) electrons. The van der Waals surface area contributed by atoms with Crippen molar-refractivity contribution in [3.05, 3.63) is 77.9 Å². The van der Waals surface area contributed by atoms with Crippen molar-refractivity contribution in [1.82, 2.24) is 4.98 Å². The fraction of sp³-hybridized carbons (Fsp3) is 0.0526. The zero-order valence-corrected chi connectivity index (χ0v) is 14.1. The molecule has 1 aromatic heterocycles. The summed E-state index contributed by atoms with van der Waals surface area (Å²) in [6, 6.07) is 12.9. The van der Waals surface area contributed by atoms with E-state index in [1.165, 1.54) is 35.6 Å². The molecule has 0 saturated heterocycles. The minimum atomic E-state index is -0.372. The molecule has 0 aliphatic heterocycles. The van der Waals surface area contributed by atoms with Crippen molar-refractivity contribution in [3.63, 3.8) is 0 Å².